The zero-order chi connectivity index (χ0) is 14.7. The number of epoxide rings is 1. The number of hydrogen-bond donors (Lipinski definition) is 0. The second-order valence-corrected chi connectivity index (χ2v) is 4.79. The first kappa shape index (κ1) is 13.4. The van der Waals surface area contributed by atoms with E-state index in [1.54, 1.807) is 42.5 Å². The molecule has 1 aromatic carbocycles. The lowest BCUT2D eigenvalue weighted by atomic mass is 10.0. The van der Waals surface area contributed by atoms with Gasteiger partial charge in [0.15, 0.2) is 11.9 Å². The minimum atomic E-state index is -0.427. The summed E-state index contributed by atoms with van der Waals surface area (Å²) in [7, 11) is 0. The van der Waals surface area contributed by atoms with Gasteiger partial charge in [-0.2, -0.15) is 0 Å². The van der Waals surface area contributed by atoms with Crippen LogP contribution in [0.2, 0.25) is 0 Å². The summed E-state index contributed by atoms with van der Waals surface area (Å²) in [4.78, 5) is 24.0. The van der Waals surface area contributed by atoms with Crippen LogP contribution in [0, 0.1) is 0 Å². The van der Waals surface area contributed by atoms with Crippen LogP contribution in [-0.2, 0) is 20.7 Å². The van der Waals surface area contributed by atoms with Crippen molar-refractivity contribution in [2.45, 2.75) is 12.5 Å². The Morgan fingerprint density at radius 3 is 2.86 bits per heavy atom. The molecule has 1 aromatic rings. The molecule has 1 atom stereocenters. The van der Waals surface area contributed by atoms with Crippen LogP contribution in [0.1, 0.15) is 15.9 Å². The van der Waals surface area contributed by atoms with Crippen LogP contribution in [0.3, 0.4) is 0 Å². The van der Waals surface area contributed by atoms with E-state index in [0.717, 1.165) is 5.76 Å². The number of ketones is 1. The number of hydrogen-bond acceptors (Lipinski definition) is 4. The summed E-state index contributed by atoms with van der Waals surface area (Å²) < 4.78 is 10.5. The Bertz CT molecular complexity index is 667. The Balaban J connectivity index is 1.88. The Morgan fingerprint density at radius 2 is 1.95 bits per heavy atom. The molecule has 0 radical (unpaired) electrons. The Hall–Kier alpha value is -2.62. The first-order valence-corrected chi connectivity index (χ1v) is 6.73. The Kier molecular flexibility index (Phi) is 3.69. The van der Waals surface area contributed by atoms with Gasteiger partial charge in [-0.25, -0.2) is 4.79 Å². The predicted octanol–water partition coefficient (Wildman–Crippen LogP) is 2.36. The van der Waals surface area contributed by atoms with Gasteiger partial charge in [0.2, 0.25) is 0 Å². The number of rotatable bonds is 0. The lowest BCUT2D eigenvalue weighted by Crippen LogP contribution is -2.11. The number of esters is 1. The monoisotopic (exact) mass is 282 g/mol. The quantitative estimate of drug-likeness (QED) is 0.541. The number of fused-ring (bicyclic) bond motifs is 2. The molecule has 21 heavy (non-hydrogen) atoms. The summed E-state index contributed by atoms with van der Waals surface area (Å²) >= 11 is 0. The molecule has 1 unspecified atom stereocenters. The SMILES string of the molecule is O=C1/C=C\C=C/C2O/C2=C/COC(=O)c2ccccc2C1. The summed E-state index contributed by atoms with van der Waals surface area (Å²) in [6.07, 6.45) is 8.67. The summed E-state index contributed by atoms with van der Waals surface area (Å²) in [5, 5.41) is 0. The Morgan fingerprint density at radius 1 is 1.10 bits per heavy atom. The molecule has 0 amide bonds. The normalized spacial score (nSPS) is 26.9. The Labute approximate surface area is 122 Å². The van der Waals surface area contributed by atoms with Gasteiger partial charge in [0, 0.05) is 6.42 Å². The van der Waals surface area contributed by atoms with Crippen molar-refractivity contribution in [2.75, 3.05) is 6.61 Å². The molecule has 3 rings (SSSR count). The zero-order valence-corrected chi connectivity index (χ0v) is 11.3. The highest BCUT2D eigenvalue weighted by Crippen LogP contribution is 2.28. The molecule has 0 bridgehead atoms. The molecule has 2 heterocycles. The van der Waals surface area contributed by atoms with Crippen LogP contribution in [-0.4, -0.2) is 24.5 Å². The smallest absolute Gasteiger partial charge is 0.338 e. The average molecular weight is 282 g/mol. The maximum Gasteiger partial charge on any atom is 0.338 e. The van der Waals surface area contributed by atoms with Gasteiger partial charge in [-0.15, -0.1) is 0 Å². The summed E-state index contributed by atoms with van der Waals surface area (Å²) in [5.74, 6) is 0.289. The third-order valence-corrected chi connectivity index (χ3v) is 3.27. The third kappa shape index (κ3) is 3.28. The number of cyclic esters (lactones) is 1. The number of carbonyl (C=O) groups is 2. The van der Waals surface area contributed by atoms with Gasteiger partial charge in [0.05, 0.1) is 5.56 Å². The van der Waals surface area contributed by atoms with E-state index in [1.807, 2.05) is 6.08 Å². The summed E-state index contributed by atoms with van der Waals surface area (Å²) in [6, 6.07) is 6.99. The first-order chi connectivity index (χ1) is 10.2. The largest absolute Gasteiger partial charge is 0.479 e. The highest BCUT2D eigenvalue weighted by Gasteiger charge is 2.29. The lowest BCUT2D eigenvalue weighted by molar-refractivity contribution is -0.114. The predicted molar refractivity (Wildman–Crippen MR) is 76.7 cm³/mol. The number of ether oxygens (including phenoxy) is 2. The zero-order valence-electron chi connectivity index (χ0n) is 11.3. The molecule has 0 aromatic heterocycles. The minimum Gasteiger partial charge on any atom is -0.479 e. The fourth-order valence-electron chi connectivity index (χ4n) is 2.14. The van der Waals surface area contributed by atoms with Gasteiger partial charge < -0.3 is 9.47 Å². The number of allylic oxidation sites excluding steroid dienone is 3. The van der Waals surface area contributed by atoms with Gasteiger partial charge >= 0.3 is 5.97 Å². The highest BCUT2D eigenvalue weighted by molar-refractivity contribution is 5.96. The lowest BCUT2D eigenvalue weighted by Gasteiger charge is -2.07. The van der Waals surface area contributed by atoms with Crippen molar-refractivity contribution in [3.05, 3.63) is 71.5 Å². The average Bonchev–Trinajstić information content (AvgIpc) is 3.22. The van der Waals surface area contributed by atoms with Crippen molar-refractivity contribution >= 4 is 11.8 Å². The maximum absolute atomic E-state index is 12.1. The molecule has 2 aliphatic rings. The molecule has 0 N–H and O–H groups in total. The molecule has 4 heteroatoms. The van der Waals surface area contributed by atoms with Crippen LogP contribution in [0.5, 0.6) is 0 Å². The molecule has 106 valence electrons. The van der Waals surface area contributed by atoms with Gasteiger partial charge in [-0.05, 0) is 29.9 Å². The van der Waals surface area contributed by atoms with Gasteiger partial charge in [-0.3, -0.25) is 4.79 Å². The molecule has 0 saturated carbocycles. The van der Waals surface area contributed by atoms with E-state index in [9.17, 15) is 9.59 Å². The van der Waals surface area contributed by atoms with Crippen molar-refractivity contribution in [3.63, 3.8) is 0 Å². The second kappa shape index (κ2) is 5.79. The maximum atomic E-state index is 12.1. The number of carbonyl (C=O) groups excluding carboxylic acids is 2. The standard InChI is InChI=1S/C17H14O4/c18-13-6-2-4-8-15-16(21-15)9-10-20-17(19)14-7-3-1-5-12(14)11-13/h1-9,15H,10-11H2/b6-2-,8-4-,16-9+. The summed E-state index contributed by atoms with van der Waals surface area (Å²) in [5.41, 5.74) is 1.10. The topological polar surface area (TPSA) is 55.9 Å². The van der Waals surface area contributed by atoms with Crippen LogP contribution >= 0.6 is 0 Å². The number of benzene rings is 1. The highest BCUT2D eigenvalue weighted by atomic mass is 16.6. The molecule has 1 fully saturated rings. The van der Waals surface area contributed by atoms with E-state index < -0.39 is 5.97 Å². The van der Waals surface area contributed by atoms with E-state index in [4.69, 9.17) is 9.47 Å². The van der Waals surface area contributed by atoms with E-state index in [2.05, 4.69) is 0 Å². The van der Waals surface area contributed by atoms with Crippen LogP contribution < -0.4 is 0 Å². The first-order valence-electron chi connectivity index (χ1n) is 6.73. The molecule has 1 saturated heterocycles. The second-order valence-electron chi connectivity index (χ2n) is 4.79. The van der Waals surface area contributed by atoms with Gasteiger partial charge in [0.25, 0.3) is 0 Å². The molecule has 0 aliphatic carbocycles. The minimum absolute atomic E-state index is 0.0653. The van der Waals surface area contributed by atoms with Crippen molar-refractivity contribution in [2.24, 2.45) is 0 Å². The van der Waals surface area contributed by atoms with E-state index in [-0.39, 0.29) is 24.9 Å². The van der Waals surface area contributed by atoms with Crippen molar-refractivity contribution < 1.29 is 19.1 Å². The van der Waals surface area contributed by atoms with E-state index in [0.29, 0.717) is 11.1 Å². The van der Waals surface area contributed by atoms with Crippen LogP contribution in [0.25, 0.3) is 0 Å². The fourth-order valence-corrected chi connectivity index (χ4v) is 2.14. The molecular formula is C17H14O4. The van der Waals surface area contributed by atoms with Crippen LogP contribution in [0.4, 0.5) is 0 Å². The molecule has 4 nitrogen and oxygen atoms in total. The van der Waals surface area contributed by atoms with Crippen molar-refractivity contribution in [3.8, 4) is 0 Å². The van der Waals surface area contributed by atoms with E-state index in [1.165, 1.54) is 6.08 Å². The van der Waals surface area contributed by atoms with Crippen molar-refractivity contribution in [1.82, 2.24) is 0 Å². The molecule has 0 spiro atoms. The third-order valence-electron chi connectivity index (χ3n) is 3.27. The fraction of sp³-hybridized carbons (Fsp3) is 0.176. The van der Waals surface area contributed by atoms with E-state index >= 15 is 0 Å². The summed E-state index contributed by atoms with van der Waals surface area (Å²) in [6.45, 7) is 0.163. The molecule has 2 aliphatic heterocycles. The van der Waals surface area contributed by atoms with Gasteiger partial charge in [-0.1, -0.05) is 30.4 Å². The van der Waals surface area contributed by atoms with Crippen molar-refractivity contribution in [1.29, 1.82) is 0 Å². The van der Waals surface area contributed by atoms with Gasteiger partial charge in [0.1, 0.15) is 12.4 Å². The molecular weight excluding hydrogens is 268 g/mol. The van der Waals surface area contributed by atoms with Crippen LogP contribution in [0.15, 0.2) is 60.4 Å².